The molecule has 3 heteroatoms. The van der Waals surface area contributed by atoms with Gasteiger partial charge < -0.3 is 5.32 Å². The highest BCUT2D eigenvalue weighted by molar-refractivity contribution is 7.11. The summed E-state index contributed by atoms with van der Waals surface area (Å²) in [5.41, 5.74) is 3.88. The molecule has 1 unspecified atom stereocenters. The third-order valence-electron chi connectivity index (χ3n) is 3.23. The molecule has 0 spiro atoms. The summed E-state index contributed by atoms with van der Waals surface area (Å²) in [4.78, 5) is 5.93. The lowest BCUT2D eigenvalue weighted by Gasteiger charge is -2.17. The molecule has 0 aliphatic carbocycles. The Kier molecular flexibility index (Phi) is 4.72. The van der Waals surface area contributed by atoms with Crippen molar-refractivity contribution in [3.8, 4) is 0 Å². The first-order valence-corrected chi connectivity index (χ1v) is 7.64. The van der Waals surface area contributed by atoms with Gasteiger partial charge in [0.2, 0.25) is 0 Å². The molecule has 2 nitrogen and oxygen atoms in total. The van der Waals surface area contributed by atoms with E-state index in [1.54, 1.807) is 0 Å². The molecule has 0 aliphatic heterocycles. The van der Waals surface area contributed by atoms with E-state index < -0.39 is 0 Å². The summed E-state index contributed by atoms with van der Waals surface area (Å²) < 4.78 is 0. The lowest BCUT2D eigenvalue weighted by Crippen LogP contribution is -2.22. The fourth-order valence-electron chi connectivity index (χ4n) is 2.45. The van der Waals surface area contributed by atoms with E-state index in [4.69, 9.17) is 0 Å². The summed E-state index contributed by atoms with van der Waals surface area (Å²) in [6.07, 6.45) is 1.03. The van der Waals surface area contributed by atoms with Crippen LogP contribution >= 0.6 is 11.3 Å². The minimum atomic E-state index is 0.373. The second-order valence-corrected chi connectivity index (χ2v) is 6.22. The molecule has 1 N–H and O–H groups in total. The van der Waals surface area contributed by atoms with Gasteiger partial charge in [-0.05, 0) is 39.3 Å². The minimum Gasteiger partial charge on any atom is -0.309 e. The molecule has 1 heterocycles. The monoisotopic (exact) mass is 274 g/mol. The Morgan fingerprint density at radius 2 is 2.05 bits per heavy atom. The first-order valence-electron chi connectivity index (χ1n) is 6.83. The third-order valence-corrected chi connectivity index (χ3v) is 4.42. The van der Waals surface area contributed by atoms with E-state index in [1.165, 1.54) is 21.7 Å². The molecule has 0 saturated heterocycles. The first kappa shape index (κ1) is 14.2. The molecule has 0 radical (unpaired) electrons. The van der Waals surface area contributed by atoms with Gasteiger partial charge in [0.1, 0.15) is 0 Å². The van der Waals surface area contributed by atoms with Gasteiger partial charge in [0.15, 0.2) is 0 Å². The Balaban J connectivity index is 2.23. The molecule has 1 aromatic heterocycles. The lowest BCUT2D eigenvalue weighted by atomic mass is 10.0. The number of benzene rings is 1. The highest BCUT2D eigenvalue weighted by Gasteiger charge is 2.17. The van der Waals surface area contributed by atoms with Gasteiger partial charge in [-0.3, -0.25) is 0 Å². The van der Waals surface area contributed by atoms with Crippen molar-refractivity contribution in [1.29, 1.82) is 0 Å². The molecule has 0 fully saturated rings. The van der Waals surface area contributed by atoms with Gasteiger partial charge in [-0.15, -0.1) is 11.3 Å². The van der Waals surface area contributed by atoms with Crippen molar-refractivity contribution in [2.75, 3.05) is 6.54 Å². The molecular weight excluding hydrogens is 252 g/mol. The van der Waals surface area contributed by atoms with Crippen molar-refractivity contribution < 1.29 is 0 Å². The Morgan fingerprint density at radius 1 is 1.26 bits per heavy atom. The van der Waals surface area contributed by atoms with Crippen molar-refractivity contribution in [2.45, 2.75) is 40.2 Å². The van der Waals surface area contributed by atoms with Gasteiger partial charge in [-0.2, -0.15) is 0 Å². The Bertz CT molecular complexity index is 545. The number of nitrogens with zero attached hydrogens (tertiary/aromatic N) is 1. The van der Waals surface area contributed by atoms with Crippen LogP contribution in [0.4, 0.5) is 0 Å². The van der Waals surface area contributed by atoms with Crippen LogP contribution in [0.5, 0.6) is 0 Å². The van der Waals surface area contributed by atoms with E-state index >= 15 is 0 Å². The molecule has 2 aromatic rings. The predicted molar refractivity (Wildman–Crippen MR) is 82.9 cm³/mol. The van der Waals surface area contributed by atoms with E-state index in [0.29, 0.717) is 6.04 Å². The highest BCUT2D eigenvalue weighted by Crippen LogP contribution is 2.27. The van der Waals surface area contributed by atoms with Crippen LogP contribution in [-0.4, -0.2) is 11.5 Å². The van der Waals surface area contributed by atoms with Crippen molar-refractivity contribution in [1.82, 2.24) is 10.3 Å². The average molecular weight is 274 g/mol. The fraction of sp³-hybridized carbons (Fsp3) is 0.438. The quantitative estimate of drug-likeness (QED) is 0.892. The smallest absolute Gasteiger partial charge is 0.0900 e. The number of thiazole rings is 1. The van der Waals surface area contributed by atoms with Gasteiger partial charge in [0.25, 0.3) is 0 Å². The van der Waals surface area contributed by atoms with Crippen LogP contribution < -0.4 is 5.32 Å². The van der Waals surface area contributed by atoms with E-state index in [1.807, 2.05) is 11.3 Å². The largest absolute Gasteiger partial charge is 0.309 e. The van der Waals surface area contributed by atoms with Gasteiger partial charge in [0.05, 0.1) is 10.7 Å². The molecule has 102 valence electrons. The number of hydrogen-bond acceptors (Lipinski definition) is 3. The molecular formula is C16H22N2S. The molecule has 1 atom stereocenters. The molecule has 2 rings (SSSR count). The number of aromatic nitrogens is 1. The van der Waals surface area contributed by atoms with Crippen molar-refractivity contribution in [3.63, 3.8) is 0 Å². The standard InChI is InChI=1S/C16H22N2S/c1-5-17-15(16-12(3)18-13(4)19-16)10-14-8-6-7-11(2)9-14/h6-9,15,17H,5,10H2,1-4H3. The maximum Gasteiger partial charge on any atom is 0.0900 e. The van der Waals surface area contributed by atoms with Crippen LogP contribution in [-0.2, 0) is 6.42 Å². The number of rotatable bonds is 5. The van der Waals surface area contributed by atoms with Crippen LogP contribution in [0.3, 0.4) is 0 Å². The third kappa shape index (κ3) is 3.64. The summed E-state index contributed by atoms with van der Waals surface area (Å²) in [6.45, 7) is 9.48. The maximum absolute atomic E-state index is 4.55. The number of hydrogen-bond donors (Lipinski definition) is 1. The van der Waals surface area contributed by atoms with Crippen LogP contribution in [0.1, 0.15) is 39.7 Å². The summed E-state index contributed by atoms with van der Waals surface area (Å²) >= 11 is 1.81. The zero-order chi connectivity index (χ0) is 13.8. The van der Waals surface area contributed by atoms with Gasteiger partial charge >= 0.3 is 0 Å². The molecule has 0 aliphatic rings. The van der Waals surface area contributed by atoms with Gasteiger partial charge in [0, 0.05) is 10.9 Å². The van der Waals surface area contributed by atoms with Crippen molar-refractivity contribution in [3.05, 3.63) is 51.0 Å². The van der Waals surface area contributed by atoms with Crippen LogP contribution in [0.2, 0.25) is 0 Å². The first-order chi connectivity index (χ1) is 9.10. The number of nitrogens with one attached hydrogen (secondary N) is 1. The Morgan fingerprint density at radius 3 is 2.63 bits per heavy atom. The molecule has 0 saturated carbocycles. The summed E-state index contributed by atoms with van der Waals surface area (Å²) in [6, 6.07) is 9.14. The lowest BCUT2D eigenvalue weighted by molar-refractivity contribution is 0.554. The van der Waals surface area contributed by atoms with E-state index in [0.717, 1.165) is 18.0 Å². The highest BCUT2D eigenvalue weighted by atomic mass is 32.1. The Labute approximate surface area is 119 Å². The van der Waals surface area contributed by atoms with Gasteiger partial charge in [-0.25, -0.2) is 4.98 Å². The summed E-state index contributed by atoms with van der Waals surface area (Å²) in [5, 5.41) is 4.74. The zero-order valence-electron chi connectivity index (χ0n) is 12.2. The SMILES string of the molecule is CCNC(Cc1cccc(C)c1)c1sc(C)nc1C. The Hall–Kier alpha value is -1.19. The molecule has 19 heavy (non-hydrogen) atoms. The molecule has 1 aromatic carbocycles. The number of aryl methyl sites for hydroxylation is 3. The molecule has 0 bridgehead atoms. The predicted octanol–water partition coefficient (Wildman–Crippen LogP) is 3.96. The topological polar surface area (TPSA) is 24.9 Å². The van der Waals surface area contributed by atoms with E-state index in [2.05, 4.69) is 62.3 Å². The second-order valence-electron chi connectivity index (χ2n) is 4.99. The summed E-state index contributed by atoms with van der Waals surface area (Å²) in [5.74, 6) is 0. The zero-order valence-corrected chi connectivity index (χ0v) is 13.0. The molecule has 0 amide bonds. The maximum atomic E-state index is 4.55. The normalized spacial score (nSPS) is 12.6. The second kappa shape index (κ2) is 6.31. The van der Waals surface area contributed by atoms with E-state index in [9.17, 15) is 0 Å². The van der Waals surface area contributed by atoms with E-state index in [-0.39, 0.29) is 0 Å². The van der Waals surface area contributed by atoms with Crippen molar-refractivity contribution >= 4 is 11.3 Å². The van der Waals surface area contributed by atoms with Crippen LogP contribution in [0, 0.1) is 20.8 Å². The average Bonchev–Trinajstić information content (AvgIpc) is 2.68. The summed E-state index contributed by atoms with van der Waals surface area (Å²) in [7, 11) is 0. The fourth-order valence-corrected chi connectivity index (χ4v) is 3.45. The van der Waals surface area contributed by atoms with Crippen LogP contribution in [0.25, 0.3) is 0 Å². The van der Waals surface area contributed by atoms with Crippen molar-refractivity contribution in [2.24, 2.45) is 0 Å². The van der Waals surface area contributed by atoms with Gasteiger partial charge in [-0.1, -0.05) is 36.8 Å². The van der Waals surface area contributed by atoms with Crippen LogP contribution in [0.15, 0.2) is 24.3 Å². The number of likely N-dealkylation sites (N-methyl/N-ethyl adjacent to an activating group) is 1. The minimum absolute atomic E-state index is 0.373.